The average Bonchev–Trinajstić information content (AvgIpc) is 3.29. The molecule has 6 heteroatoms. The van der Waals surface area contributed by atoms with E-state index in [4.69, 9.17) is 14.9 Å². The van der Waals surface area contributed by atoms with Gasteiger partial charge >= 0.3 is 0 Å². The third kappa shape index (κ3) is 6.40. The number of benzene rings is 2. The van der Waals surface area contributed by atoms with Crippen molar-refractivity contribution in [3.63, 3.8) is 0 Å². The molecule has 0 aliphatic rings. The van der Waals surface area contributed by atoms with E-state index in [1.807, 2.05) is 0 Å². The third-order valence-corrected chi connectivity index (χ3v) is 4.68. The van der Waals surface area contributed by atoms with Gasteiger partial charge in [0.15, 0.2) is 5.78 Å². The fraction of sp³-hybridized carbons (Fsp3) is 0.208. The highest BCUT2D eigenvalue weighted by Gasteiger charge is 2.16. The van der Waals surface area contributed by atoms with Gasteiger partial charge in [0.2, 0.25) is 0 Å². The fourth-order valence-corrected chi connectivity index (χ4v) is 2.84. The number of nitrogens with two attached hydrogens (primary N) is 1. The zero-order valence-electron chi connectivity index (χ0n) is 16.4. The minimum absolute atomic E-state index is 0.0380. The van der Waals surface area contributed by atoms with E-state index in [0.717, 1.165) is 5.56 Å². The Kier molecular flexibility index (Phi) is 7.54. The molecule has 0 aliphatic heterocycles. The van der Waals surface area contributed by atoms with Crippen LogP contribution < -0.4 is 10.5 Å². The monoisotopic (exact) mass is 409 g/mol. The number of carbonyl (C=O) groups excluding carboxylic acids is 1. The van der Waals surface area contributed by atoms with Gasteiger partial charge in [0.25, 0.3) is 0 Å². The molecule has 5 nitrogen and oxygen atoms in total. The first-order valence-corrected chi connectivity index (χ1v) is 9.68. The molecule has 2 aromatic carbocycles. The molecular formula is C24H24FNO4. The highest BCUT2D eigenvalue weighted by Crippen LogP contribution is 2.15. The standard InChI is InChI=1S/C24H24FNO4/c25-19-8-3-17(4-9-19)5-13-22(26)24(28)16-30-21-10-6-18(7-11-21)23(27)14-12-20-2-1-15-29-20/h1-4,6-12,14-15,22,24,28H,5,13,16,26H2/b14-12+. The number of carbonyl (C=O) groups is 1. The molecule has 2 unspecified atom stereocenters. The minimum atomic E-state index is -0.844. The van der Waals surface area contributed by atoms with Gasteiger partial charge in [-0.15, -0.1) is 0 Å². The van der Waals surface area contributed by atoms with Gasteiger partial charge in [-0.25, -0.2) is 4.39 Å². The van der Waals surface area contributed by atoms with Crippen LogP contribution in [0, 0.1) is 5.82 Å². The Morgan fingerprint density at radius 3 is 2.53 bits per heavy atom. The molecule has 0 radical (unpaired) electrons. The Bertz CT molecular complexity index is 950. The second-order valence-corrected chi connectivity index (χ2v) is 6.94. The van der Waals surface area contributed by atoms with E-state index in [-0.39, 0.29) is 18.2 Å². The largest absolute Gasteiger partial charge is 0.491 e. The lowest BCUT2D eigenvalue weighted by Gasteiger charge is -2.19. The smallest absolute Gasteiger partial charge is 0.185 e. The summed E-state index contributed by atoms with van der Waals surface area (Å²) in [6.45, 7) is 0.0380. The predicted molar refractivity (Wildman–Crippen MR) is 113 cm³/mol. The van der Waals surface area contributed by atoms with E-state index < -0.39 is 12.1 Å². The second-order valence-electron chi connectivity index (χ2n) is 6.94. The Labute approximate surface area is 174 Å². The van der Waals surface area contributed by atoms with Crippen LogP contribution in [-0.2, 0) is 6.42 Å². The molecule has 3 rings (SSSR count). The fourth-order valence-electron chi connectivity index (χ4n) is 2.84. The van der Waals surface area contributed by atoms with E-state index in [1.165, 1.54) is 18.2 Å². The van der Waals surface area contributed by atoms with Crippen LogP contribution in [0.15, 0.2) is 77.4 Å². The molecule has 0 saturated carbocycles. The molecule has 0 aliphatic carbocycles. The molecule has 0 saturated heterocycles. The Hall–Kier alpha value is -3.22. The van der Waals surface area contributed by atoms with Gasteiger partial charge < -0.3 is 20.0 Å². The summed E-state index contributed by atoms with van der Waals surface area (Å²) in [6, 6.07) is 15.9. The number of furan rings is 1. The number of aryl methyl sites for hydroxylation is 1. The topological polar surface area (TPSA) is 85.7 Å². The summed E-state index contributed by atoms with van der Waals surface area (Å²) in [5.41, 5.74) is 7.51. The van der Waals surface area contributed by atoms with Crippen LogP contribution in [0.4, 0.5) is 4.39 Å². The van der Waals surface area contributed by atoms with E-state index in [1.54, 1.807) is 60.9 Å². The van der Waals surface area contributed by atoms with Crippen molar-refractivity contribution in [1.82, 2.24) is 0 Å². The highest BCUT2D eigenvalue weighted by atomic mass is 19.1. The Balaban J connectivity index is 1.44. The van der Waals surface area contributed by atoms with Crippen LogP contribution in [0.25, 0.3) is 6.08 Å². The van der Waals surface area contributed by atoms with Gasteiger partial charge in [0, 0.05) is 11.6 Å². The Morgan fingerprint density at radius 2 is 1.87 bits per heavy atom. The third-order valence-electron chi connectivity index (χ3n) is 4.68. The van der Waals surface area contributed by atoms with Gasteiger partial charge in [-0.05, 0) is 79.1 Å². The molecule has 30 heavy (non-hydrogen) atoms. The van der Waals surface area contributed by atoms with Crippen LogP contribution in [0.5, 0.6) is 5.75 Å². The molecule has 0 bridgehead atoms. The van der Waals surface area contributed by atoms with Crippen LogP contribution >= 0.6 is 0 Å². The summed E-state index contributed by atoms with van der Waals surface area (Å²) in [5.74, 6) is 0.706. The SMILES string of the molecule is NC(CCc1ccc(F)cc1)C(O)COc1ccc(C(=O)/C=C/c2ccco2)cc1. The van der Waals surface area contributed by atoms with Crippen molar-refractivity contribution in [2.75, 3.05) is 6.61 Å². The summed E-state index contributed by atoms with van der Waals surface area (Å²) in [7, 11) is 0. The number of hydrogen-bond donors (Lipinski definition) is 2. The van der Waals surface area contributed by atoms with Gasteiger partial charge in [-0.3, -0.25) is 4.79 Å². The molecule has 0 spiro atoms. The van der Waals surface area contributed by atoms with Crippen molar-refractivity contribution in [3.8, 4) is 5.75 Å². The lowest BCUT2D eigenvalue weighted by atomic mass is 10.0. The maximum Gasteiger partial charge on any atom is 0.185 e. The Morgan fingerprint density at radius 1 is 1.13 bits per heavy atom. The first kappa shape index (κ1) is 21.5. The lowest BCUT2D eigenvalue weighted by Crippen LogP contribution is -2.39. The van der Waals surface area contributed by atoms with Gasteiger partial charge in [-0.1, -0.05) is 12.1 Å². The molecule has 0 amide bonds. The summed E-state index contributed by atoms with van der Waals surface area (Å²) in [4.78, 5) is 12.2. The van der Waals surface area contributed by atoms with E-state index >= 15 is 0 Å². The zero-order valence-corrected chi connectivity index (χ0v) is 16.4. The van der Waals surface area contributed by atoms with Crippen molar-refractivity contribution < 1.29 is 23.4 Å². The lowest BCUT2D eigenvalue weighted by molar-refractivity contribution is 0.0826. The number of hydrogen-bond acceptors (Lipinski definition) is 5. The number of aliphatic hydroxyl groups excluding tert-OH is 1. The van der Waals surface area contributed by atoms with Crippen LogP contribution in [0.1, 0.15) is 28.1 Å². The first-order chi connectivity index (χ1) is 14.5. The molecule has 2 atom stereocenters. The van der Waals surface area contributed by atoms with Crippen molar-refractivity contribution >= 4 is 11.9 Å². The highest BCUT2D eigenvalue weighted by molar-refractivity contribution is 6.06. The predicted octanol–water partition coefficient (Wildman–Crippen LogP) is 4.01. The number of allylic oxidation sites excluding steroid dienone is 1. The normalized spacial score (nSPS) is 13.3. The van der Waals surface area contributed by atoms with Crippen molar-refractivity contribution in [2.24, 2.45) is 5.73 Å². The van der Waals surface area contributed by atoms with Gasteiger partial charge in [0.05, 0.1) is 6.26 Å². The molecule has 3 aromatic rings. The van der Waals surface area contributed by atoms with E-state index in [9.17, 15) is 14.3 Å². The quantitative estimate of drug-likeness (QED) is 0.390. The maximum atomic E-state index is 12.9. The molecule has 3 N–H and O–H groups in total. The van der Waals surface area contributed by atoms with Crippen LogP contribution in [0.3, 0.4) is 0 Å². The van der Waals surface area contributed by atoms with Crippen LogP contribution in [0.2, 0.25) is 0 Å². The number of rotatable bonds is 10. The first-order valence-electron chi connectivity index (χ1n) is 9.68. The number of aliphatic hydroxyl groups is 1. The number of ether oxygens (including phenoxy) is 1. The van der Waals surface area contributed by atoms with Crippen molar-refractivity contribution in [3.05, 3.63) is 95.7 Å². The molecule has 156 valence electrons. The second kappa shape index (κ2) is 10.5. The average molecular weight is 409 g/mol. The van der Waals surface area contributed by atoms with Crippen molar-refractivity contribution in [1.29, 1.82) is 0 Å². The van der Waals surface area contributed by atoms with E-state index in [0.29, 0.717) is 29.9 Å². The summed E-state index contributed by atoms with van der Waals surface area (Å²) in [6.07, 6.45) is 4.93. The molecule has 0 fully saturated rings. The molecule has 1 heterocycles. The maximum absolute atomic E-state index is 12.9. The van der Waals surface area contributed by atoms with Gasteiger partial charge in [-0.2, -0.15) is 0 Å². The molecule has 1 aromatic heterocycles. The van der Waals surface area contributed by atoms with Gasteiger partial charge in [0.1, 0.15) is 30.0 Å². The van der Waals surface area contributed by atoms with Crippen LogP contribution in [-0.4, -0.2) is 29.6 Å². The summed E-state index contributed by atoms with van der Waals surface area (Å²) < 4.78 is 23.7. The molecular weight excluding hydrogens is 385 g/mol. The van der Waals surface area contributed by atoms with E-state index in [2.05, 4.69) is 0 Å². The zero-order chi connectivity index (χ0) is 21.3. The van der Waals surface area contributed by atoms with Crippen molar-refractivity contribution in [2.45, 2.75) is 25.0 Å². The summed E-state index contributed by atoms with van der Waals surface area (Å²) >= 11 is 0. The minimum Gasteiger partial charge on any atom is -0.491 e. The summed E-state index contributed by atoms with van der Waals surface area (Å²) in [5, 5.41) is 10.2. The number of ketones is 1. The number of halogens is 1.